The van der Waals surface area contributed by atoms with E-state index in [1.807, 2.05) is 0 Å². The highest BCUT2D eigenvalue weighted by atomic mass is 16.6. The summed E-state index contributed by atoms with van der Waals surface area (Å²) in [5, 5.41) is 0. The summed E-state index contributed by atoms with van der Waals surface area (Å²) in [6.07, 6.45) is 60.9. The molecule has 0 rings (SSSR count). The van der Waals surface area contributed by atoms with Gasteiger partial charge in [0.1, 0.15) is 13.2 Å². The predicted molar refractivity (Wildman–Crippen MR) is 298 cm³/mol. The number of hydrogen-bond donors (Lipinski definition) is 0. The third-order valence-electron chi connectivity index (χ3n) is 14.8. The summed E-state index contributed by atoms with van der Waals surface area (Å²) in [5.74, 6) is 0.894. The van der Waals surface area contributed by atoms with Crippen LogP contribution in [0.15, 0.2) is 0 Å². The highest BCUT2D eigenvalue weighted by Gasteiger charge is 2.19. The molecule has 6 nitrogen and oxygen atoms in total. The normalized spacial score (nSPS) is 12.4. The average Bonchev–Trinajstić information content (AvgIpc) is 3.34. The minimum Gasteiger partial charge on any atom is -0.462 e. The van der Waals surface area contributed by atoms with Crippen molar-refractivity contribution >= 4 is 17.9 Å². The molecule has 0 aromatic carbocycles. The second-order valence-electron chi connectivity index (χ2n) is 22.4. The number of carbonyl (C=O) groups excluding carboxylic acids is 3. The lowest BCUT2D eigenvalue weighted by atomic mass is 9.99. The summed E-state index contributed by atoms with van der Waals surface area (Å²) in [6, 6.07) is 0. The molecule has 0 heterocycles. The van der Waals surface area contributed by atoms with Crippen LogP contribution in [-0.4, -0.2) is 37.2 Å². The highest BCUT2D eigenvalue weighted by molar-refractivity contribution is 5.71. The van der Waals surface area contributed by atoms with Crippen molar-refractivity contribution in [3.8, 4) is 0 Å². The molecule has 1 unspecified atom stereocenters. The van der Waals surface area contributed by atoms with Crippen molar-refractivity contribution < 1.29 is 28.6 Å². The molecular weight excluding hydrogens is 853 g/mol. The van der Waals surface area contributed by atoms with E-state index in [4.69, 9.17) is 14.2 Å². The van der Waals surface area contributed by atoms with Crippen LogP contribution in [0.2, 0.25) is 0 Å². The van der Waals surface area contributed by atoms with Gasteiger partial charge in [-0.1, -0.05) is 317 Å². The maximum absolute atomic E-state index is 12.9. The van der Waals surface area contributed by atoms with Gasteiger partial charge in [0.05, 0.1) is 0 Å². The van der Waals surface area contributed by atoms with E-state index in [1.165, 1.54) is 244 Å². The first-order valence-corrected chi connectivity index (χ1v) is 31.3. The van der Waals surface area contributed by atoms with Gasteiger partial charge in [0.25, 0.3) is 0 Å². The number of hydrogen-bond acceptors (Lipinski definition) is 6. The lowest BCUT2D eigenvalue weighted by Gasteiger charge is -2.18. The van der Waals surface area contributed by atoms with E-state index in [1.54, 1.807) is 0 Å². The average molecular weight is 976 g/mol. The third kappa shape index (κ3) is 55.6. The molecule has 0 spiro atoms. The number of carbonyl (C=O) groups is 3. The van der Waals surface area contributed by atoms with Gasteiger partial charge in [-0.05, 0) is 31.1 Å². The van der Waals surface area contributed by atoms with Gasteiger partial charge in [-0.25, -0.2) is 0 Å². The van der Waals surface area contributed by atoms with E-state index < -0.39 is 6.10 Å². The van der Waals surface area contributed by atoms with Crippen LogP contribution in [0.4, 0.5) is 0 Å². The molecule has 0 aromatic rings. The van der Waals surface area contributed by atoms with E-state index in [9.17, 15) is 14.4 Å². The fraction of sp³-hybridized carbons (Fsp3) is 0.952. The van der Waals surface area contributed by atoms with Crippen molar-refractivity contribution in [1.29, 1.82) is 0 Å². The van der Waals surface area contributed by atoms with Crippen molar-refractivity contribution in [2.45, 2.75) is 362 Å². The van der Waals surface area contributed by atoms with Gasteiger partial charge < -0.3 is 14.2 Å². The second-order valence-corrected chi connectivity index (χ2v) is 22.4. The van der Waals surface area contributed by atoms with Gasteiger partial charge in [0, 0.05) is 19.3 Å². The Bertz CT molecular complexity index is 1060. The van der Waals surface area contributed by atoms with Gasteiger partial charge >= 0.3 is 17.9 Å². The van der Waals surface area contributed by atoms with Crippen LogP contribution in [-0.2, 0) is 28.6 Å². The van der Waals surface area contributed by atoms with Crippen molar-refractivity contribution in [3.63, 3.8) is 0 Å². The monoisotopic (exact) mass is 975 g/mol. The van der Waals surface area contributed by atoms with Gasteiger partial charge in [-0.15, -0.1) is 0 Å². The lowest BCUT2D eigenvalue weighted by Crippen LogP contribution is -2.30. The molecule has 0 amide bonds. The Kier molecular flexibility index (Phi) is 54.4. The fourth-order valence-corrected chi connectivity index (χ4v) is 9.73. The molecule has 0 aliphatic rings. The van der Waals surface area contributed by atoms with Crippen molar-refractivity contribution in [2.24, 2.45) is 11.8 Å². The molecule has 0 N–H and O–H groups in total. The van der Waals surface area contributed by atoms with Crippen LogP contribution in [0.3, 0.4) is 0 Å². The molecule has 0 radical (unpaired) electrons. The maximum Gasteiger partial charge on any atom is 0.306 e. The molecule has 0 saturated heterocycles. The Morgan fingerprint density at radius 2 is 0.551 bits per heavy atom. The third-order valence-corrected chi connectivity index (χ3v) is 14.8. The first kappa shape index (κ1) is 67.4. The predicted octanol–water partition coefficient (Wildman–Crippen LogP) is 20.8. The summed E-state index contributed by atoms with van der Waals surface area (Å²) in [4.78, 5) is 38.3. The minimum atomic E-state index is -0.764. The topological polar surface area (TPSA) is 78.9 Å². The molecule has 0 aromatic heterocycles. The highest BCUT2D eigenvalue weighted by Crippen LogP contribution is 2.19. The molecule has 6 heteroatoms. The number of unbranched alkanes of at least 4 members (excludes halogenated alkanes) is 41. The summed E-state index contributed by atoms with van der Waals surface area (Å²) in [7, 11) is 0. The molecule has 0 aliphatic carbocycles. The minimum absolute atomic E-state index is 0.0621. The van der Waals surface area contributed by atoms with E-state index in [2.05, 4.69) is 34.6 Å². The lowest BCUT2D eigenvalue weighted by molar-refractivity contribution is -0.167. The SMILES string of the molecule is CCCCCCCCCCCCCCCCCCCCC(=O)OC[C@H](COC(=O)CCCCCCCCCCCCCCCCC(C)CC)OC(=O)CCCCCCCCCCCCCCC(C)C. The zero-order valence-electron chi connectivity index (χ0n) is 47.5. The van der Waals surface area contributed by atoms with Crippen LogP contribution >= 0.6 is 0 Å². The summed E-state index contributed by atoms with van der Waals surface area (Å²) in [6.45, 7) is 11.5. The van der Waals surface area contributed by atoms with Crippen LogP contribution in [0.25, 0.3) is 0 Å². The number of esters is 3. The number of ether oxygens (including phenoxy) is 3. The molecule has 410 valence electrons. The maximum atomic E-state index is 12.9. The van der Waals surface area contributed by atoms with Gasteiger partial charge in [0.2, 0.25) is 0 Å². The first-order valence-electron chi connectivity index (χ1n) is 31.3. The first-order chi connectivity index (χ1) is 33.8. The molecular formula is C63H122O6. The Labute approximate surface area is 431 Å². The van der Waals surface area contributed by atoms with Crippen LogP contribution < -0.4 is 0 Å². The molecule has 69 heavy (non-hydrogen) atoms. The van der Waals surface area contributed by atoms with Crippen LogP contribution in [0.1, 0.15) is 356 Å². The Hall–Kier alpha value is -1.59. The van der Waals surface area contributed by atoms with Crippen molar-refractivity contribution in [1.82, 2.24) is 0 Å². The summed E-state index contributed by atoms with van der Waals surface area (Å²) < 4.78 is 16.9. The quantitative estimate of drug-likeness (QED) is 0.0343. The number of rotatable bonds is 57. The van der Waals surface area contributed by atoms with Gasteiger partial charge in [-0.2, -0.15) is 0 Å². The van der Waals surface area contributed by atoms with E-state index in [-0.39, 0.29) is 31.1 Å². The van der Waals surface area contributed by atoms with Gasteiger partial charge in [-0.3, -0.25) is 14.4 Å². The molecule has 0 aliphatic heterocycles. The molecule has 2 atom stereocenters. The van der Waals surface area contributed by atoms with Crippen molar-refractivity contribution in [3.05, 3.63) is 0 Å². The van der Waals surface area contributed by atoms with E-state index in [0.717, 1.165) is 69.6 Å². The van der Waals surface area contributed by atoms with E-state index >= 15 is 0 Å². The summed E-state index contributed by atoms with van der Waals surface area (Å²) in [5.41, 5.74) is 0. The van der Waals surface area contributed by atoms with Crippen LogP contribution in [0, 0.1) is 11.8 Å². The van der Waals surface area contributed by atoms with Crippen LogP contribution in [0.5, 0.6) is 0 Å². The zero-order chi connectivity index (χ0) is 50.4. The summed E-state index contributed by atoms with van der Waals surface area (Å²) >= 11 is 0. The van der Waals surface area contributed by atoms with E-state index in [0.29, 0.717) is 19.3 Å². The zero-order valence-corrected chi connectivity index (χ0v) is 47.5. The molecule has 0 bridgehead atoms. The Morgan fingerprint density at radius 1 is 0.304 bits per heavy atom. The van der Waals surface area contributed by atoms with Gasteiger partial charge in [0.15, 0.2) is 6.10 Å². The largest absolute Gasteiger partial charge is 0.462 e. The smallest absolute Gasteiger partial charge is 0.306 e. The molecule has 0 saturated carbocycles. The molecule has 0 fully saturated rings. The second kappa shape index (κ2) is 55.7. The fourth-order valence-electron chi connectivity index (χ4n) is 9.73. The van der Waals surface area contributed by atoms with Crippen molar-refractivity contribution in [2.75, 3.05) is 13.2 Å². The Balaban J connectivity index is 4.29. The Morgan fingerprint density at radius 3 is 0.826 bits per heavy atom. The standard InChI is InChI=1S/C63H122O6/c1-6-8-9-10-11-12-13-14-15-16-17-18-22-28-33-38-43-48-53-61(64)67-56-60(69-63(66)55-50-45-40-35-30-25-24-26-31-36-41-46-51-58(3)4)57-68-62(65)54-49-44-39-34-29-23-20-19-21-27-32-37-42-47-52-59(5)7-2/h58-60H,6-57H2,1-5H3/t59?,60-/m1/s1.